The first-order chi connectivity index (χ1) is 17.2. The number of nitrogens with one attached hydrogen (secondary N) is 1. The SMILES string of the molecule is CCCCCCCCCCCCCC[C@@H](O)[C@@H](O)[C@H](CO[C@H]1O[C@H](CO)[C@H](O)[C@H](O)[C@H]1O)NC(C)=O. The Morgan fingerprint density at radius 3 is 1.89 bits per heavy atom. The van der Waals surface area contributed by atoms with Gasteiger partial charge in [0.25, 0.3) is 0 Å². The molecular formula is C26H51NO9. The van der Waals surface area contributed by atoms with Crippen molar-refractivity contribution in [1.82, 2.24) is 5.32 Å². The third kappa shape index (κ3) is 12.6. The Hall–Kier alpha value is -0.850. The van der Waals surface area contributed by atoms with E-state index in [9.17, 15) is 35.4 Å². The van der Waals surface area contributed by atoms with E-state index in [1.54, 1.807) is 0 Å². The van der Waals surface area contributed by atoms with Gasteiger partial charge in [-0.25, -0.2) is 0 Å². The van der Waals surface area contributed by atoms with Crippen LogP contribution < -0.4 is 5.32 Å². The first-order valence-electron chi connectivity index (χ1n) is 13.8. The second-order valence-corrected chi connectivity index (χ2v) is 10.1. The Kier molecular flexibility index (Phi) is 17.7. The van der Waals surface area contributed by atoms with E-state index in [4.69, 9.17) is 9.47 Å². The van der Waals surface area contributed by atoms with Crippen LogP contribution in [0.1, 0.15) is 97.3 Å². The lowest BCUT2D eigenvalue weighted by Gasteiger charge is -2.40. The highest BCUT2D eigenvalue weighted by atomic mass is 16.7. The van der Waals surface area contributed by atoms with Crippen molar-refractivity contribution in [3.05, 3.63) is 0 Å². The molecule has 0 radical (unpaired) electrons. The number of rotatable bonds is 20. The Labute approximate surface area is 216 Å². The number of amides is 1. The van der Waals surface area contributed by atoms with Crippen LogP contribution in [0.4, 0.5) is 0 Å². The zero-order chi connectivity index (χ0) is 26.9. The molecule has 0 aromatic carbocycles. The second-order valence-electron chi connectivity index (χ2n) is 10.1. The van der Waals surface area contributed by atoms with Gasteiger partial charge in [-0.3, -0.25) is 4.79 Å². The summed E-state index contributed by atoms with van der Waals surface area (Å²) < 4.78 is 10.7. The van der Waals surface area contributed by atoms with Crippen molar-refractivity contribution >= 4 is 5.91 Å². The summed E-state index contributed by atoms with van der Waals surface area (Å²) in [5.41, 5.74) is 0. The number of unbranched alkanes of at least 4 members (excludes halogenated alkanes) is 11. The lowest BCUT2D eigenvalue weighted by atomic mass is 9.98. The van der Waals surface area contributed by atoms with Gasteiger partial charge in [-0.1, -0.05) is 84.0 Å². The smallest absolute Gasteiger partial charge is 0.217 e. The van der Waals surface area contributed by atoms with Gasteiger partial charge >= 0.3 is 0 Å². The fraction of sp³-hybridized carbons (Fsp3) is 0.962. The maximum absolute atomic E-state index is 11.6. The first-order valence-corrected chi connectivity index (χ1v) is 13.8. The molecular weight excluding hydrogens is 470 g/mol. The van der Waals surface area contributed by atoms with Crippen LogP contribution in [0, 0.1) is 0 Å². The van der Waals surface area contributed by atoms with Crippen LogP contribution in [-0.2, 0) is 14.3 Å². The minimum absolute atomic E-state index is 0.320. The van der Waals surface area contributed by atoms with Crippen molar-refractivity contribution in [3.8, 4) is 0 Å². The average Bonchev–Trinajstić information content (AvgIpc) is 2.86. The number of carbonyl (C=O) groups is 1. The minimum Gasteiger partial charge on any atom is -0.394 e. The van der Waals surface area contributed by atoms with Crippen LogP contribution in [-0.4, -0.2) is 98.7 Å². The number of aliphatic hydroxyl groups excluding tert-OH is 6. The van der Waals surface area contributed by atoms with E-state index in [-0.39, 0.29) is 6.61 Å². The third-order valence-electron chi connectivity index (χ3n) is 6.84. The van der Waals surface area contributed by atoms with Gasteiger partial charge < -0.3 is 45.4 Å². The third-order valence-corrected chi connectivity index (χ3v) is 6.84. The molecule has 0 aromatic rings. The molecule has 0 spiro atoms. The minimum atomic E-state index is -1.60. The molecule has 1 fully saturated rings. The lowest BCUT2D eigenvalue weighted by Crippen LogP contribution is -2.60. The van der Waals surface area contributed by atoms with Gasteiger partial charge in [0, 0.05) is 6.92 Å². The molecule has 1 aliphatic rings. The molecule has 0 unspecified atom stereocenters. The van der Waals surface area contributed by atoms with Crippen molar-refractivity contribution in [2.45, 2.75) is 146 Å². The number of carbonyl (C=O) groups excluding carboxylic acids is 1. The highest BCUT2D eigenvalue weighted by Gasteiger charge is 2.44. The van der Waals surface area contributed by atoms with Crippen LogP contribution in [0.2, 0.25) is 0 Å². The maximum Gasteiger partial charge on any atom is 0.217 e. The molecule has 36 heavy (non-hydrogen) atoms. The predicted octanol–water partition coefficient (Wildman–Crippen LogP) is 1.12. The van der Waals surface area contributed by atoms with Crippen LogP contribution in [0.15, 0.2) is 0 Å². The normalized spacial score (nSPS) is 26.9. The van der Waals surface area contributed by atoms with Crippen LogP contribution in [0.3, 0.4) is 0 Å². The van der Waals surface area contributed by atoms with Crippen molar-refractivity contribution in [3.63, 3.8) is 0 Å². The molecule has 10 nitrogen and oxygen atoms in total. The molecule has 0 aliphatic carbocycles. The van der Waals surface area contributed by atoms with E-state index in [0.717, 1.165) is 25.7 Å². The molecule has 1 saturated heterocycles. The number of ether oxygens (including phenoxy) is 2. The van der Waals surface area contributed by atoms with E-state index in [2.05, 4.69) is 12.2 Å². The van der Waals surface area contributed by atoms with Crippen molar-refractivity contribution < 1.29 is 44.9 Å². The average molecular weight is 522 g/mol. The second kappa shape index (κ2) is 19.3. The van der Waals surface area contributed by atoms with E-state index >= 15 is 0 Å². The van der Waals surface area contributed by atoms with E-state index < -0.39 is 61.5 Å². The maximum atomic E-state index is 11.6. The lowest BCUT2D eigenvalue weighted by molar-refractivity contribution is -0.303. The van der Waals surface area contributed by atoms with Gasteiger partial charge in [-0.15, -0.1) is 0 Å². The molecule has 1 rings (SSSR count). The number of hydrogen-bond donors (Lipinski definition) is 7. The van der Waals surface area contributed by atoms with Crippen molar-refractivity contribution in [2.24, 2.45) is 0 Å². The molecule has 10 heteroatoms. The van der Waals surface area contributed by atoms with Crippen molar-refractivity contribution in [2.75, 3.05) is 13.2 Å². The molecule has 0 saturated carbocycles. The van der Waals surface area contributed by atoms with Gasteiger partial charge in [0.1, 0.15) is 30.5 Å². The van der Waals surface area contributed by atoms with E-state index in [0.29, 0.717) is 6.42 Å². The summed E-state index contributed by atoms with van der Waals surface area (Å²) in [6.07, 6.45) is 5.07. The van der Waals surface area contributed by atoms with Crippen LogP contribution in [0.25, 0.3) is 0 Å². The molecule has 214 valence electrons. The molecule has 0 bridgehead atoms. The molecule has 1 heterocycles. The number of hydrogen-bond acceptors (Lipinski definition) is 9. The van der Waals surface area contributed by atoms with E-state index in [1.165, 1.54) is 58.3 Å². The summed E-state index contributed by atoms with van der Waals surface area (Å²) in [5.74, 6) is -0.436. The van der Waals surface area contributed by atoms with Gasteiger partial charge in [0.15, 0.2) is 6.29 Å². The summed E-state index contributed by atoms with van der Waals surface area (Å²) in [7, 11) is 0. The summed E-state index contributed by atoms with van der Waals surface area (Å²) in [6, 6.07) is -0.984. The zero-order valence-corrected chi connectivity index (χ0v) is 22.1. The van der Waals surface area contributed by atoms with Gasteiger partial charge in [-0.2, -0.15) is 0 Å². The van der Waals surface area contributed by atoms with Crippen LogP contribution in [0.5, 0.6) is 0 Å². The number of aliphatic hydroxyl groups is 6. The summed E-state index contributed by atoms with van der Waals surface area (Å²) >= 11 is 0. The van der Waals surface area contributed by atoms with E-state index in [1.807, 2.05) is 0 Å². The van der Waals surface area contributed by atoms with Gasteiger partial charge in [0.2, 0.25) is 5.91 Å². The highest BCUT2D eigenvalue weighted by Crippen LogP contribution is 2.22. The quantitative estimate of drug-likeness (QED) is 0.116. The molecule has 1 aliphatic heterocycles. The summed E-state index contributed by atoms with van der Waals surface area (Å²) in [6.45, 7) is 2.58. The zero-order valence-electron chi connectivity index (χ0n) is 22.1. The summed E-state index contributed by atoms with van der Waals surface area (Å²) in [5, 5.41) is 62.8. The first kappa shape index (κ1) is 33.2. The largest absolute Gasteiger partial charge is 0.394 e. The topological polar surface area (TPSA) is 169 Å². The fourth-order valence-corrected chi connectivity index (χ4v) is 4.52. The fourth-order valence-electron chi connectivity index (χ4n) is 4.52. The Morgan fingerprint density at radius 1 is 0.861 bits per heavy atom. The van der Waals surface area contributed by atoms with Gasteiger partial charge in [0.05, 0.1) is 25.4 Å². The standard InChI is InChI=1S/C26H51NO9/c1-3-4-5-6-7-8-9-10-11-12-13-14-15-20(30)22(31)19(27-18(2)29)17-35-26-25(34)24(33)23(32)21(16-28)36-26/h19-26,28,30-34H,3-17H2,1-2H3,(H,27,29)/t19-,20+,21+,22-,23-,24-,25+,26-/m0/s1. The Bertz CT molecular complexity index is 566. The Morgan fingerprint density at radius 2 is 1.39 bits per heavy atom. The Balaban J connectivity index is 2.34. The summed E-state index contributed by atoms with van der Waals surface area (Å²) in [4.78, 5) is 11.6. The molecule has 7 N–H and O–H groups in total. The van der Waals surface area contributed by atoms with Gasteiger partial charge in [-0.05, 0) is 6.42 Å². The monoisotopic (exact) mass is 521 g/mol. The highest BCUT2D eigenvalue weighted by molar-refractivity contribution is 5.73. The van der Waals surface area contributed by atoms with Crippen molar-refractivity contribution in [1.29, 1.82) is 0 Å². The van der Waals surface area contributed by atoms with Crippen LogP contribution >= 0.6 is 0 Å². The molecule has 0 aromatic heterocycles. The predicted molar refractivity (Wildman–Crippen MR) is 135 cm³/mol. The molecule has 8 atom stereocenters. The molecule has 1 amide bonds.